The number of nitriles is 1. The number of hydrogen-bond acceptors (Lipinski definition) is 1. The lowest BCUT2D eigenvalue weighted by molar-refractivity contribution is 0.606. The Hall–Kier alpha value is -1.78. The maximum Gasteiger partial charge on any atom is 0.0834 e. The van der Waals surface area contributed by atoms with Crippen LogP contribution in [0.5, 0.6) is 0 Å². The van der Waals surface area contributed by atoms with Gasteiger partial charge in [0, 0.05) is 5.02 Å². The first-order chi connectivity index (χ1) is 8.64. The average Bonchev–Trinajstić information content (AvgIpc) is 2.40. The molecule has 1 atom stereocenters. The molecule has 2 heteroatoms. The van der Waals surface area contributed by atoms with Gasteiger partial charge in [0.05, 0.1) is 11.5 Å². The lowest BCUT2D eigenvalue weighted by atomic mass is 9.79. The molecule has 0 aliphatic rings. The molecule has 0 fully saturated rings. The summed E-state index contributed by atoms with van der Waals surface area (Å²) in [7, 11) is 0. The largest absolute Gasteiger partial charge is 0.197 e. The Kier molecular flexibility index (Phi) is 3.69. The topological polar surface area (TPSA) is 23.8 Å². The van der Waals surface area contributed by atoms with E-state index in [0.717, 1.165) is 11.1 Å². The van der Waals surface area contributed by atoms with Gasteiger partial charge in [0.25, 0.3) is 0 Å². The SMILES string of the molecule is C[C@@](C#N)(Cc1ccccc1)c1ccc(Cl)cc1. The fourth-order valence-electron chi connectivity index (χ4n) is 2.03. The van der Waals surface area contributed by atoms with Crippen molar-refractivity contribution in [2.45, 2.75) is 18.8 Å². The molecule has 0 unspecified atom stereocenters. The highest BCUT2D eigenvalue weighted by molar-refractivity contribution is 6.30. The van der Waals surface area contributed by atoms with Crippen LogP contribution in [-0.4, -0.2) is 0 Å². The standard InChI is InChI=1S/C16H14ClN/c1-16(12-18,11-13-5-3-2-4-6-13)14-7-9-15(17)10-8-14/h2-10H,11H2,1H3/t16-/m0/s1. The molecule has 0 aliphatic heterocycles. The third-order valence-electron chi connectivity index (χ3n) is 3.13. The normalized spacial score (nSPS) is 13.6. The van der Waals surface area contributed by atoms with Crippen molar-refractivity contribution in [1.82, 2.24) is 0 Å². The van der Waals surface area contributed by atoms with Crippen molar-refractivity contribution in [3.05, 3.63) is 70.7 Å². The molecule has 2 aromatic carbocycles. The molecule has 18 heavy (non-hydrogen) atoms. The molecule has 0 N–H and O–H groups in total. The highest BCUT2D eigenvalue weighted by Gasteiger charge is 2.26. The van der Waals surface area contributed by atoms with E-state index in [1.54, 1.807) is 0 Å². The van der Waals surface area contributed by atoms with E-state index in [0.29, 0.717) is 11.4 Å². The van der Waals surface area contributed by atoms with Gasteiger partial charge in [-0.15, -0.1) is 0 Å². The second-order valence-corrected chi connectivity index (χ2v) is 5.05. The van der Waals surface area contributed by atoms with Gasteiger partial charge in [0.1, 0.15) is 0 Å². The highest BCUT2D eigenvalue weighted by Crippen LogP contribution is 2.28. The summed E-state index contributed by atoms with van der Waals surface area (Å²) in [6, 6.07) is 20.0. The zero-order valence-corrected chi connectivity index (χ0v) is 11.0. The molecule has 1 nitrogen and oxygen atoms in total. The summed E-state index contributed by atoms with van der Waals surface area (Å²) in [5, 5.41) is 10.2. The molecule has 2 rings (SSSR count). The van der Waals surface area contributed by atoms with Crippen molar-refractivity contribution in [2.75, 3.05) is 0 Å². The van der Waals surface area contributed by atoms with Crippen LogP contribution < -0.4 is 0 Å². The van der Waals surface area contributed by atoms with E-state index >= 15 is 0 Å². The Morgan fingerprint density at radius 1 is 1.06 bits per heavy atom. The van der Waals surface area contributed by atoms with Crippen LogP contribution in [-0.2, 0) is 11.8 Å². The molecule has 0 heterocycles. The van der Waals surface area contributed by atoms with Gasteiger partial charge < -0.3 is 0 Å². The maximum absolute atomic E-state index is 9.49. The number of rotatable bonds is 3. The molecule has 0 saturated heterocycles. The van der Waals surface area contributed by atoms with E-state index in [1.807, 2.05) is 61.5 Å². The maximum atomic E-state index is 9.49. The minimum absolute atomic E-state index is 0.522. The fraction of sp³-hybridized carbons (Fsp3) is 0.188. The quantitative estimate of drug-likeness (QED) is 0.799. The first-order valence-electron chi connectivity index (χ1n) is 5.85. The molecule has 0 radical (unpaired) electrons. The summed E-state index contributed by atoms with van der Waals surface area (Å²) in [5.74, 6) is 0. The van der Waals surface area contributed by atoms with Crippen LogP contribution in [0.25, 0.3) is 0 Å². The summed E-state index contributed by atoms with van der Waals surface area (Å²) in [6.07, 6.45) is 0.700. The number of hydrogen-bond donors (Lipinski definition) is 0. The first-order valence-corrected chi connectivity index (χ1v) is 6.23. The predicted molar refractivity (Wildman–Crippen MR) is 74.6 cm³/mol. The van der Waals surface area contributed by atoms with Gasteiger partial charge in [0.2, 0.25) is 0 Å². The summed E-state index contributed by atoms with van der Waals surface area (Å²) < 4.78 is 0. The van der Waals surface area contributed by atoms with Crippen molar-refractivity contribution in [3.8, 4) is 6.07 Å². The van der Waals surface area contributed by atoms with E-state index < -0.39 is 5.41 Å². The Balaban J connectivity index is 2.32. The summed E-state index contributed by atoms with van der Waals surface area (Å²) in [4.78, 5) is 0. The minimum Gasteiger partial charge on any atom is -0.197 e. The molecule has 0 saturated carbocycles. The number of nitrogens with zero attached hydrogens (tertiary/aromatic N) is 1. The molecule has 0 bridgehead atoms. The van der Waals surface area contributed by atoms with Gasteiger partial charge in [-0.3, -0.25) is 0 Å². The van der Waals surface area contributed by atoms with Crippen LogP contribution >= 0.6 is 11.6 Å². The Morgan fingerprint density at radius 3 is 2.22 bits per heavy atom. The molecular weight excluding hydrogens is 242 g/mol. The lowest BCUT2D eigenvalue weighted by Gasteiger charge is -2.22. The van der Waals surface area contributed by atoms with E-state index in [-0.39, 0.29) is 0 Å². The Morgan fingerprint density at radius 2 is 1.67 bits per heavy atom. The third kappa shape index (κ3) is 2.72. The van der Waals surface area contributed by atoms with E-state index in [1.165, 1.54) is 0 Å². The van der Waals surface area contributed by atoms with E-state index in [4.69, 9.17) is 11.6 Å². The summed E-state index contributed by atoms with van der Waals surface area (Å²) in [5.41, 5.74) is 1.64. The van der Waals surface area contributed by atoms with Crippen LogP contribution in [0.3, 0.4) is 0 Å². The van der Waals surface area contributed by atoms with Crippen LogP contribution in [0.1, 0.15) is 18.1 Å². The van der Waals surface area contributed by atoms with Gasteiger partial charge in [-0.05, 0) is 36.6 Å². The Bertz CT molecular complexity index is 554. The van der Waals surface area contributed by atoms with Gasteiger partial charge in [-0.1, -0.05) is 54.1 Å². The lowest BCUT2D eigenvalue weighted by Crippen LogP contribution is -2.22. The Labute approximate surface area is 113 Å². The zero-order valence-electron chi connectivity index (χ0n) is 10.2. The average molecular weight is 256 g/mol. The van der Waals surface area contributed by atoms with Crippen LogP contribution in [0.15, 0.2) is 54.6 Å². The van der Waals surface area contributed by atoms with E-state index in [2.05, 4.69) is 6.07 Å². The van der Waals surface area contributed by atoms with Gasteiger partial charge in [-0.2, -0.15) is 5.26 Å². The van der Waals surface area contributed by atoms with Gasteiger partial charge >= 0.3 is 0 Å². The van der Waals surface area contributed by atoms with Crippen molar-refractivity contribution < 1.29 is 0 Å². The smallest absolute Gasteiger partial charge is 0.0834 e. The molecular formula is C16H14ClN. The molecule has 0 amide bonds. The summed E-state index contributed by atoms with van der Waals surface area (Å²) >= 11 is 5.88. The van der Waals surface area contributed by atoms with Crippen LogP contribution in [0, 0.1) is 11.3 Å². The van der Waals surface area contributed by atoms with Crippen molar-refractivity contribution >= 4 is 11.6 Å². The number of halogens is 1. The van der Waals surface area contributed by atoms with Gasteiger partial charge in [-0.25, -0.2) is 0 Å². The predicted octanol–water partition coefficient (Wildman–Crippen LogP) is 4.36. The monoisotopic (exact) mass is 255 g/mol. The zero-order chi connectivity index (χ0) is 13.0. The molecule has 90 valence electrons. The van der Waals surface area contributed by atoms with Crippen molar-refractivity contribution in [2.24, 2.45) is 0 Å². The first kappa shape index (κ1) is 12.7. The summed E-state index contributed by atoms with van der Waals surface area (Å²) in [6.45, 7) is 1.96. The van der Waals surface area contributed by atoms with Crippen LogP contribution in [0.4, 0.5) is 0 Å². The molecule has 0 spiro atoms. The number of benzene rings is 2. The van der Waals surface area contributed by atoms with Crippen LogP contribution in [0.2, 0.25) is 5.02 Å². The second kappa shape index (κ2) is 5.25. The fourth-order valence-corrected chi connectivity index (χ4v) is 2.15. The molecule has 0 aliphatic carbocycles. The highest BCUT2D eigenvalue weighted by atomic mass is 35.5. The van der Waals surface area contributed by atoms with E-state index in [9.17, 15) is 5.26 Å². The minimum atomic E-state index is -0.522. The van der Waals surface area contributed by atoms with Gasteiger partial charge in [0.15, 0.2) is 0 Å². The molecule has 2 aromatic rings. The third-order valence-corrected chi connectivity index (χ3v) is 3.38. The van der Waals surface area contributed by atoms with Crippen molar-refractivity contribution in [1.29, 1.82) is 5.26 Å². The second-order valence-electron chi connectivity index (χ2n) is 4.61. The van der Waals surface area contributed by atoms with Crippen molar-refractivity contribution in [3.63, 3.8) is 0 Å². The molecule has 0 aromatic heterocycles.